The molecule has 0 saturated carbocycles. The quantitative estimate of drug-likeness (QED) is 0.718. The van der Waals surface area contributed by atoms with Gasteiger partial charge in [-0.25, -0.2) is 4.39 Å². The molecule has 1 aromatic carbocycles. The molecule has 0 aromatic heterocycles. The van der Waals surface area contributed by atoms with Crippen LogP contribution in [-0.2, 0) is 4.74 Å². The lowest BCUT2D eigenvalue weighted by Crippen LogP contribution is -2.10. The van der Waals surface area contributed by atoms with Gasteiger partial charge in [0.15, 0.2) is 0 Å². The highest BCUT2D eigenvalue weighted by atomic mass is 19.1. The molecule has 0 unspecified atom stereocenters. The maximum atomic E-state index is 13.4. The number of benzene rings is 1. The number of rotatable bonds is 7. The maximum Gasteiger partial charge on any atom is 0.146 e. The molecule has 0 saturated heterocycles. The lowest BCUT2D eigenvalue weighted by atomic mass is 10.2. The molecule has 0 aliphatic rings. The first-order valence-electron chi connectivity index (χ1n) is 5.82. The summed E-state index contributed by atoms with van der Waals surface area (Å²) in [5.41, 5.74) is 1.48. The van der Waals surface area contributed by atoms with Crippen LogP contribution in [0.1, 0.15) is 25.3 Å². The second-order valence-corrected chi connectivity index (χ2v) is 3.88. The van der Waals surface area contributed by atoms with Gasteiger partial charge in [-0.15, -0.1) is 0 Å². The molecule has 0 radical (unpaired) electrons. The Balaban J connectivity index is 2.21. The molecule has 1 rings (SSSR count). The number of hydrogen-bond acceptors (Lipinski definition) is 2. The molecular formula is C13H20FNO. The minimum atomic E-state index is -0.200. The van der Waals surface area contributed by atoms with Crippen LogP contribution in [0.4, 0.5) is 10.1 Å². The van der Waals surface area contributed by atoms with Crippen molar-refractivity contribution in [1.29, 1.82) is 0 Å². The first kappa shape index (κ1) is 13.0. The zero-order chi connectivity index (χ0) is 11.8. The summed E-state index contributed by atoms with van der Waals surface area (Å²) in [5, 5.41) is 3.02. The minimum absolute atomic E-state index is 0.200. The number of nitrogens with one attached hydrogen (secondary N) is 1. The third-order valence-corrected chi connectivity index (χ3v) is 2.33. The number of unbranched alkanes of at least 4 members (excludes halogenated alkanes) is 1. The maximum absolute atomic E-state index is 13.4. The van der Waals surface area contributed by atoms with Crippen LogP contribution in [-0.4, -0.2) is 19.8 Å². The fourth-order valence-corrected chi connectivity index (χ4v) is 1.37. The van der Waals surface area contributed by atoms with Crippen molar-refractivity contribution in [2.24, 2.45) is 0 Å². The molecule has 3 heteroatoms. The molecule has 0 aliphatic carbocycles. The SMILES string of the molecule is CCCCOCCNc1ccc(C)cc1F. The van der Waals surface area contributed by atoms with Gasteiger partial charge in [-0.3, -0.25) is 0 Å². The third-order valence-electron chi connectivity index (χ3n) is 2.33. The van der Waals surface area contributed by atoms with E-state index in [-0.39, 0.29) is 5.82 Å². The van der Waals surface area contributed by atoms with Crippen LogP contribution < -0.4 is 5.32 Å². The summed E-state index contributed by atoms with van der Waals surface area (Å²) in [5.74, 6) is -0.200. The molecule has 0 atom stereocenters. The van der Waals surface area contributed by atoms with Crippen LogP contribution >= 0.6 is 0 Å². The molecular weight excluding hydrogens is 205 g/mol. The Morgan fingerprint density at radius 1 is 1.31 bits per heavy atom. The van der Waals surface area contributed by atoms with E-state index in [0.717, 1.165) is 25.0 Å². The number of halogens is 1. The zero-order valence-electron chi connectivity index (χ0n) is 10.1. The standard InChI is InChI=1S/C13H20FNO/c1-3-4-8-16-9-7-15-13-6-5-11(2)10-12(13)14/h5-6,10,15H,3-4,7-9H2,1-2H3. The number of ether oxygens (including phenoxy) is 1. The van der Waals surface area contributed by atoms with Crippen molar-refractivity contribution in [1.82, 2.24) is 0 Å². The minimum Gasteiger partial charge on any atom is -0.380 e. The van der Waals surface area contributed by atoms with Crippen LogP contribution in [0.3, 0.4) is 0 Å². The van der Waals surface area contributed by atoms with E-state index in [9.17, 15) is 4.39 Å². The van der Waals surface area contributed by atoms with E-state index in [0.29, 0.717) is 18.8 Å². The average molecular weight is 225 g/mol. The van der Waals surface area contributed by atoms with E-state index < -0.39 is 0 Å². The molecule has 0 fully saturated rings. The van der Waals surface area contributed by atoms with Crippen LogP contribution in [0.5, 0.6) is 0 Å². The van der Waals surface area contributed by atoms with Gasteiger partial charge < -0.3 is 10.1 Å². The summed E-state index contributed by atoms with van der Waals surface area (Å²) in [6.45, 7) is 6.05. The first-order valence-corrected chi connectivity index (χ1v) is 5.82. The zero-order valence-corrected chi connectivity index (χ0v) is 10.1. The van der Waals surface area contributed by atoms with Crippen molar-refractivity contribution < 1.29 is 9.13 Å². The van der Waals surface area contributed by atoms with Crippen molar-refractivity contribution in [3.63, 3.8) is 0 Å². The van der Waals surface area contributed by atoms with Gasteiger partial charge in [0.05, 0.1) is 12.3 Å². The van der Waals surface area contributed by atoms with E-state index in [2.05, 4.69) is 12.2 Å². The largest absolute Gasteiger partial charge is 0.380 e. The topological polar surface area (TPSA) is 21.3 Å². The molecule has 16 heavy (non-hydrogen) atoms. The molecule has 0 amide bonds. The second kappa shape index (κ2) is 7.23. The molecule has 90 valence electrons. The molecule has 0 spiro atoms. The Bertz CT molecular complexity index is 315. The molecule has 2 nitrogen and oxygen atoms in total. The van der Waals surface area contributed by atoms with Gasteiger partial charge in [0.2, 0.25) is 0 Å². The predicted octanol–water partition coefficient (Wildman–Crippen LogP) is 3.36. The van der Waals surface area contributed by atoms with Crippen molar-refractivity contribution in [2.45, 2.75) is 26.7 Å². The summed E-state index contributed by atoms with van der Waals surface area (Å²) in [4.78, 5) is 0. The summed E-state index contributed by atoms with van der Waals surface area (Å²) in [7, 11) is 0. The van der Waals surface area contributed by atoms with E-state index >= 15 is 0 Å². The van der Waals surface area contributed by atoms with Gasteiger partial charge in [0.25, 0.3) is 0 Å². The number of hydrogen-bond donors (Lipinski definition) is 1. The van der Waals surface area contributed by atoms with Crippen molar-refractivity contribution in [2.75, 3.05) is 25.1 Å². The van der Waals surface area contributed by atoms with Crippen molar-refractivity contribution in [3.8, 4) is 0 Å². The van der Waals surface area contributed by atoms with E-state index in [1.165, 1.54) is 6.07 Å². The molecule has 0 heterocycles. The Morgan fingerprint density at radius 2 is 2.12 bits per heavy atom. The number of aryl methyl sites for hydroxylation is 1. The van der Waals surface area contributed by atoms with Crippen LogP contribution in [0.15, 0.2) is 18.2 Å². The summed E-state index contributed by atoms with van der Waals surface area (Å²) in [6.07, 6.45) is 2.22. The highest BCUT2D eigenvalue weighted by molar-refractivity contribution is 5.45. The monoisotopic (exact) mass is 225 g/mol. The van der Waals surface area contributed by atoms with Gasteiger partial charge in [-0.2, -0.15) is 0 Å². The summed E-state index contributed by atoms with van der Waals surface area (Å²) >= 11 is 0. The normalized spacial score (nSPS) is 10.4. The fraction of sp³-hybridized carbons (Fsp3) is 0.538. The lowest BCUT2D eigenvalue weighted by Gasteiger charge is -2.08. The second-order valence-electron chi connectivity index (χ2n) is 3.88. The average Bonchev–Trinajstić information content (AvgIpc) is 2.26. The first-order chi connectivity index (χ1) is 7.74. The van der Waals surface area contributed by atoms with Gasteiger partial charge >= 0.3 is 0 Å². The van der Waals surface area contributed by atoms with Gasteiger partial charge in [-0.1, -0.05) is 19.4 Å². The Hall–Kier alpha value is -1.09. The van der Waals surface area contributed by atoms with Gasteiger partial charge in [0, 0.05) is 13.2 Å². The van der Waals surface area contributed by atoms with E-state index in [1.54, 1.807) is 6.07 Å². The molecule has 0 bridgehead atoms. The predicted molar refractivity (Wildman–Crippen MR) is 65.4 cm³/mol. The van der Waals surface area contributed by atoms with E-state index in [4.69, 9.17) is 4.74 Å². The summed E-state index contributed by atoms with van der Waals surface area (Å²) < 4.78 is 18.8. The van der Waals surface area contributed by atoms with E-state index in [1.807, 2.05) is 13.0 Å². The third kappa shape index (κ3) is 4.62. The van der Waals surface area contributed by atoms with Crippen LogP contribution in [0.25, 0.3) is 0 Å². The molecule has 1 aromatic rings. The van der Waals surface area contributed by atoms with Crippen LogP contribution in [0.2, 0.25) is 0 Å². The Morgan fingerprint density at radius 3 is 2.81 bits per heavy atom. The van der Waals surface area contributed by atoms with Crippen molar-refractivity contribution in [3.05, 3.63) is 29.6 Å². The fourth-order valence-electron chi connectivity index (χ4n) is 1.37. The molecule has 0 aliphatic heterocycles. The summed E-state index contributed by atoms with van der Waals surface area (Å²) in [6, 6.07) is 5.18. The Labute approximate surface area is 96.8 Å². The van der Waals surface area contributed by atoms with Crippen molar-refractivity contribution >= 4 is 5.69 Å². The number of anilines is 1. The van der Waals surface area contributed by atoms with Gasteiger partial charge in [0.1, 0.15) is 5.82 Å². The highest BCUT2D eigenvalue weighted by Crippen LogP contribution is 2.14. The highest BCUT2D eigenvalue weighted by Gasteiger charge is 2.00. The smallest absolute Gasteiger partial charge is 0.146 e. The molecule has 1 N–H and O–H groups in total. The van der Waals surface area contributed by atoms with Crippen LogP contribution in [0, 0.1) is 12.7 Å². The van der Waals surface area contributed by atoms with Gasteiger partial charge in [-0.05, 0) is 31.0 Å². The Kier molecular flexibility index (Phi) is 5.86. The lowest BCUT2D eigenvalue weighted by molar-refractivity contribution is 0.141.